The first-order valence-electron chi connectivity index (χ1n) is 7.19. The van der Waals surface area contributed by atoms with Gasteiger partial charge in [-0.05, 0) is 19.3 Å². The van der Waals surface area contributed by atoms with E-state index in [1.807, 2.05) is 0 Å². The van der Waals surface area contributed by atoms with Crippen molar-refractivity contribution >= 4 is 11.8 Å². The third kappa shape index (κ3) is 3.69. The maximum atomic E-state index is 11.8. The summed E-state index contributed by atoms with van der Waals surface area (Å²) in [7, 11) is 1.71. The van der Waals surface area contributed by atoms with Crippen molar-refractivity contribution in [3.05, 3.63) is 0 Å². The second kappa shape index (κ2) is 6.37. The average Bonchev–Trinajstić information content (AvgIpc) is 2.75. The highest BCUT2D eigenvalue weighted by Crippen LogP contribution is 2.40. The molecule has 0 bridgehead atoms. The van der Waals surface area contributed by atoms with Gasteiger partial charge in [0.05, 0.1) is 6.61 Å². The standard InChI is InChI=1S/C14H24N2O3/c1-19-11-14(6-3-7-14)10-15-12(17)5-9-16-8-2-4-13(16)18/h2-11H2,1H3,(H,15,17). The van der Waals surface area contributed by atoms with Crippen LogP contribution in [0.25, 0.3) is 0 Å². The molecule has 0 aromatic rings. The smallest absolute Gasteiger partial charge is 0.222 e. The van der Waals surface area contributed by atoms with E-state index in [9.17, 15) is 9.59 Å². The maximum Gasteiger partial charge on any atom is 0.222 e. The van der Waals surface area contributed by atoms with E-state index in [0.717, 1.165) is 32.4 Å². The van der Waals surface area contributed by atoms with Crippen molar-refractivity contribution in [1.82, 2.24) is 10.2 Å². The summed E-state index contributed by atoms with van der Waals surface area (Å²) in [6, 6.07) is 0. The molecule has 5 nitrogen and oxygen atoms in total. The van der Waals surface area contributed by atoms with Crippen LogP contribution in [0, 0.1) is 5.41 Å². The van der Waals surface area contributed by atoms with Crippen LogP contribution in [0.1, 0.15) is 38.5 Å². The number of methoxy groups -OCH3 is 1. The van der Waals surface area contributed by atoms with Gasteiger partial charge in [-0.1, -0.05) is 6.42 Å². The summed E-state index contributed by atoms with van der Waals surface area (Å²) < 4.78 is 5.23. The highest BCUT2D eigenvalue weighted by Gasteiger charge is 2.37. The van der Waals surface area contributed by atoms with Crippen molar-refractivity contribution in [3.63, 3.8) is 0 Å². The first kappa shape index (κ1) is 14.3. The monoisotopic (exact) mass is 268 g/mol. The van der Waals surface area contributed by atoms with Gasteiger partial charge in [0, 0.05) is 45.0 Å². The number of likely N-dealkylation sites (tertiary alicyclic amines) is 1. The van der Waals surface area contributed by atoms with Crippen LogP contribution in [-0.4, -0.2) is 50.1 Å². The minimum Gasteiger partial charge on any atom is -0.384 e. The van der Waals surface area contributed by atoms with Gasteiger partial charge < -0.3 is 15.0 Å². The van der Waals surface area contributed by atoms with E-state index in [1.165, 1.54) is 6.42 Å². The molecule has 1 heterocycles. The van der Waals surface area contributed by atoms with Crippen LogP contribution >= 0.6 is 0 Å². The second-order valence-corrected chi connectivity index (χ2v) is 5.80. The largest absolute Gasteiger partial charge is 0.384 e. The van der Waals surface area contributed by atoms with Crippen molar-refractivity contribution in [3.8, 4) is 0 Å². The molecule has 5 heteroatoms. The molecule has 1 saturated carbocycles. The Labute approximate surface area is 114 Å². The zero-order valence-corrected chi connectivity index (χ0v) is 11.7. The molecule has 0 radical (unpaired) electrons. The molecule has 0 aromatic heterocycles. The number of hydrogen-bond acceptors (Lipinski definition) is 3. The molecule has 0 aromatic carbocycles. The van der Waals surface area contributed by atoms with Crippen LogP contribution in [0.15, 0.2) is 0 Å². The fourth-order valence-electron chi connectivity index (χ4n) is 2.91. The summed E-state index contributed by atoms with van der Waals surface area (Å²) in [6.45, 7) is 2.78. The molecule has 19 heavy (non-hydrogen) atoms. The van der Waals surface area contributed by atoms with Crippen molar-refractivity contribution in [2.45, 2.75) is 38.5 Å². The first-order chi connectivity index (χ1) is 9.15. The molecule has 108 valence electrons. The number of nitrogens with zero attached hydrogens (tertiary/aromatic N) is 1. The van der Waals surface area contributed by atoms with E-state index >= 15 is 0 Å². The molecule has 2 amide bonds. The Morgan fingerprint density at radius 1 is 1.42 bits per heavy atom. The molecule has 2 rings (SSSR count). The lowest BCUT2D eigenvalue weighted by Gasteiger charge is -2.41. The van der Waals surface area contributed by atoms with Gasteiger partial charge in [0.15, 0.2) is 0 Å². The van der Waals surface area contributed by atoms with Crippen LogP contribution < -0.4 is 5.32 Å². The molecule has 0 unspecified atom stereocenters. The van der Waals surface area contributed by atoms with Gasteiger partial charge in [-0.2, -0.15) is 0 Å². The van der Waals surface area contributed by atoms with E-state index in [1.54, 1.807) is 12.0 Å². The summed E-state index contributed by atoms with van der Waals surface area (Å²) in [5, 5.41) is 2.99. The predicted molar refractivity (Wildman–Crippen MR) is 71.6 cm³/mol. The van der Waals surface area contributed by atoms with Crippen molar-refractivity contribution < 1.29 is 14.3 Å². The Balaban J connectivity index is 1.65. The topological polar surface area (TPSA) is 58.6 Å². The Morgan fingerprint density at radius 2 is 2.21 bits per heavy atom. The van der Waals surface area contributed by atoms with Crippen LogP contribution in [0.3, 0.4) is 0 Å². The van der Waals surface area contributed by atoms with Gasteiger partial charge in [0.1, 0.15) is 0 Å². The highest BCUT2D eigenvalue weighted by molar-refractivity contribution is 5.80. The molecular formula is C14H24N2O3. The molecule has 0 atom stereocenters. The van der Waals surface area contributed by atoms with E-state index in [-0.39, 0.29) is 17.2 Å². The van der Waals surface area contributed by atoms with Gasteiger partial charge in [-0.3, -0.25) is 9.59 Å². The van der Waals surface area contributed by atoms with Crippen LogP contribution in [0.2, 0.25) is 0 Å². The zero-order chi connectivity index (χ0) is 13.7. The lowest BCUT2D eigenvalue weighted by atomic mass is 9.69. The minimum absolute atomic E-state index is 0.0436. The summed E-state index contributed by atoms with van der Waals surface area (Å²) in [5.74, 6) is 0.227. The molecule has 1 saturated heterocycles. The van der Waals surface area contributed by atoms with Crippen LogP contribution in [0.5, 0.6) is 0 Å². The first-order valence-corrected chi connectivity index (χ1v) is 7.19. The minimum atomic E-state index is 0.0436. The third-order valence-corrected chi connectivity index (χ3v) is 4.31. The lowest BCUT2D eigenvalue weighted by molar-refractivity contribution is -0.128. The van der Waals surface area contributed by atoms with Crippen molar-refractivity contribution in [1.29, 1.82) is 0 Å². The third-order valence-electron chi connectivity index (χ3n) is 4.31. The van der Waals surface area contributed by atoms with Gasteiger partial charge in [0.25, 0.3) is 0 Å². The molecule has 1 aliphatic heterocycles. The Hall–Kier alpha value is -1.10. The number of nitrogens with one attached hydrogen (secondary N) is 1. The Morgan fingerprint density at radius 3 is 2.74 bits per heavy atom. The molecular weight excluding hydrogens is 244 g/mol. The van der Waals surface area contributed by atoms with Gasteiger partial charge >= 0.3 is 0 Å². The van der Waals surface area contributed by atoms with Gasteiger partial charge in [-0.25, -0.2) is 0 Å². The number of carbonyl (C=O) groups excluding carboxylic acids is 2. The maximum absolute atomic E-state index is 11.8. The zero-order valence-electron chi connectivity index (χ0n) is 11.7. The van der Waals surface area contributed by atoms with Crippen molar-refractivity contribution in [2.24, 2.45) is 5.41 Å². The van der Waals surface area contributed by atoms with Gasteiger partial charge in [-0.15, -0.1) is 0 Å². The van der Waals surface area contributed by atoms with Crippen molar-refractivity contribution in [2.75, 3.05) is 33.4 Å². The lowest BCUT2D eigenvalue weighted by Crippen LogP contribution is -2.45. The number of rotatable bonds is 7. The van der Waals surface area contributed by atoms with Crippen LogP contribution in [-0.2, 0) is 14.3 Å². The fraction of sp³-hybridized carbons (Fsp3) is 0.857. The fourth-order valence-corrected chi connectivity index (χ4v) is 2.91. The summed E-state index contributed by atoms with van der Waals surface area (Å²) in [4.78, 5) is 25.0. The van der Waals surface area contributed by atoms with E-state index < -0.39 is 0 Å². The van der Waals surface area contributed by atoms with E-state index in [2.05, 4.69) is 5.32 Å². The summed E-state index contributed by atoms with van der Waals surface area (Å²) in [6.07, 6.45) is 5.46. The summed E-state index contributed by atoms with van der Waals surface area (Å²) >= 11 is 0. The molecule has 0 spiro atoms. The Bertz CT molecular complexity index is 340. The normalized spacial score (nSPS) is 21.3. The van der Waals surface area contributed by atoms with E-state index in [4.69, 9.17) is 4.74 Å². The predicted octanol–water partition coefficient (Wildman–Crippen LogP) is 0.932. The molecule has 1 N–H and O–H groups in total. The quantitative estimate of drug-likeness (QED) is 0.747. The van der Waals surface area contributed by atoms with Crippen LogP contribution in [0.4, 0.5) is 0 Å². The number of ether oxygens (including phenoxy) is 1. The van der Waals surface area contributed by atoms with Gasteiger partial charge in [0.2, 0.25) is 11.8 Å². The number of amides is 2. The number of carbonyl (C=O) groups is 2. The SMILES string of the molecule is COCC1(CNC(=O)CCN2CCCC2=O)CCC1. The number of hydrogen-bond donors (Lipinski definition) is 1. The van der Waals surface area contributed by atoms with E-state index in [0.29, 0.717) is 25.9 Å². The highest BCUT2D eigenvalue weighted by atomic mass is 16.5. The summed E-state index contributed by atoms with van der Waals surface area (Å²) in [5.41, 5.74) is 0.161. The Kier molecular flexibility index (Phi) is 4.80. The molecule has 2 aliphatic rings. The molecule has 2 fully saturated rings. The average molecular weight is 268 g/mol. The second-order valence-electron chi connectivity index (χ2n) is 5.80. The molecule has 1 aliphatic carbocycles.